The number of carbonyl (C=O) groups excluding carboxylic acids is 1. The van der Waals surface area contributed by atoms with E-state index in [-0.39, 0.29) is 0 Å². The Hall–Kier alpha value is -2.15. The number of aliphatic imine (C=N–C) groups is 1. The zero-order chi connectivity index (χ0) is 14.7. The van der Waals surface area contributed by atoms with Crippen LogP contribution in [0.4, 0.5) is 11.4 Å². The van der Waals surface area contributed by atoms with E-state index >= 15 is 0 Å². The van der Waals surface area contributed by atoms with Gasteiger partial charge in [0.2, 0.25) is 0 Å². The number of esters is 1. The monoisotopic (exact) mass is 292 g/mol. The third-order valence-corrected chi connectivity index (χ3v) is 3.79. The van der Waals surface area contributed by atoms with Crippen LogP contribution in [0, 0.1) is 0 Å². The number of rotatable bonds is 4. The molecule has 2 aromatic rings. The van der Waals surface area contributed by atoms with Gasteiger partial charge in [-0.05, 0) is 6.07 Å². The summed E-state index contributed by atoms with van der Waals surface area (Å²) in [6.45, 7) is 0. The second kappa shape index (κ2) is 5.87. The van der Waals surface area contributed by atoms with E-state index in [9.17, 15) is 4.79 Å². The van der Waals surface area contributed by atoms with Crippen molar-refractivity contribution in [2.24, 2.45) is 4.99 Å². The molecule has 6 nitrogen and oxygen atoms in total. The van der Waals surface area contributed by atoms with Gasteiger partial charge < -0.3 is 15.0 Å². The van der Waals surface area contributed by atoms with Crippen LogP contribution < -0.4 is 10.2 Å². The fraction of sp³-hybridized carbons (Fsp3) is 0.308. The molecule has 0 amide bonds. The van der Waals surface area contributed by atoms with Gasteiger partial charge in [-0.15, -0.1) is 11.3 Å². The zero-order valence-corrected chi connectivity index (χ0v) is 12.6. The molecule has 0 aliphatic heterocycles. The van der Waals surface area contributed by atoms with Gasteiger partial charge in [-0.3, -0.25) is 0 Å². The predicted molar refractivity (Wildman–Crippen MR) is 82.5 cm³/mol. The average Bonchev–Trinajstić information content (AvgIpc) is 2.82. The van der Waals surface area contributed by atoms with Crippen LogP contribution in [0.25, 0.3) is 10.2 Å². The number of fused-ring (bicyclic) bond motifs is 1. The Balaban J connectivity index is 2.78. The van der Waals surface area contributed by atoms with Crippen molar-refractivity contribution in [1.82, 2.24) is 10.3 Å². The molecule has 0 spiro atoms. The highest BCUT2D eigenvalue weighted by molar-refractivity contribution is 7.21. The van der Waals surface area contributed by atoms with E-state index in [1.165, 1.54) is 18.4 Å². The summed E-state index contributed by atoms with van der Waals surface area (Å²) in [5.41, 5.74) is 1.55. The van der Waals surface area contributed by atoms with Crippen LogP contribution in [-0.4, -0.2) is 45.5 Å². The van der Waals surface area contributed by atoms with Crippen LogP contribution in [0.15, 0.2) is 17.3 Å². The Kier molecular flexibility index (Phi) is 4.19. The minimum absolute atomic E-state index is 0.402. The molecule has 0 aliphatic carbocycles. The van der Waals surface area contributed by atoms with Crippen LogP contribution in [0.3, 0.4) is 0 Å². The quantitative estimate of drug-likeness (QED) is 0.530. The molecule has 0 saturated carbocycles. The SMILES string of the molecule is CN/C=N\c1c(C(=O)OC)sc2nccc(N(C)C)c12. The normalized spacial score (nSPS) is 11.0. The number of aromatic nitrogens is 1. The summed E-state index contributed by atoms with van der Waals surface area (Å²) < 4.78 is 4.82. The van der Waals surface area contributed by atoms with Gasteiger partial charge in [-0.2, -0.15) is 0 Å². The molecule has 0 atom stereocenters. The molecule has 7 heteroatoms. The maximum absolute atomic E-state index is 11.9. The topological polar surface area (TPSA) is 66.8 Å². The van der Waals surface area contributed by atoms with Crippen molar-refractivity contribution in [3.8, 4) is 0 Å². The highest BCUT2D eigenvalue weighted by atomic mass is 32.1. The largest absolute Gasteiger partial charge is 0.465 e. The third-order valence-electron chi connectivity index (χ3n) is 2.72. The molecule has 1 N–H and O–H groups in total. The fourth-order valence-corrected chi connectivity index (χ4v) is 2.88. The van der Waals surface area contributed by atoms with E-state index in [1.54, 1.807) is 19.6 Å². The lowest BCUT2D eigenvalue weighted by molar-refractivity contribution is 0.0607. The first kappa shape index (κ1) is 14.3. The molecule has 20 heavy (non-hydrogen) atoms. The summed E-state index contributed by atoms with van der Waals surface area (Å²) in [4.78, 5) is 23.7. The molecule has 0 bridgehead atoms. The summed E-state index contributed by atoms with van der Waals surface area (Å²) in [7, 11) is 6.99. The maximum Gasteiger partial charge on any atom is 0.350 e. The molecule has 0 aromatic carbocycles. The molecule has 106 valence electrons. The number of anilines is 1. The minimum Gasteiger partial charge on any atom is -0.465 e. The Labute approximate surface area is 121 Å². The molecule has 0 aliphatic rings. The van der Waals surface area contributed by atoms with Crippen LogP contribution >= 0.6 is 11.3 Å². The number of hydrogen-bond acceptors (Lipinski definition) is 6. The van der Waals surface area contributed by atoms with Gasteiger partial charge in [0.25, 0.3) is 0 Å². The van der Waals surface area contributed by atoms with Gasteiger partial charge in [0.1, 0.15) is 15.4 Å². The smallest absolute Gasteiger partial charge is 0.350 e. The summed E-state index contributed by atoms with van der Waals surface area (Å²) >= 11 is 1.28. The molecule has 0 saturated heterocycles. The molecular formula is C13H16N4O2S. The first-order valence-corrected chi connectivity index (χ1v) is 6.78. The van der Waals surface area contributed by atoms with Crippen molar-refractivity contribution in [2.45, 2.75) is 0 Å². The summed E-state index contributed by atoms with van der Waals surface area (Å²) in [6, 6.07) is 1.90. The lowest BCUT2D eigenvalue weighted by Gasteiger charge is -2.13. The molecule has 2 rings (SSSR count). The van der Waals surface area contributed by atoms with E-state index in [0.29, 0.717) is 10.6 Å². The van der Waals surface area contributed by atoms with Crippen LogP contribution in [-0.2, 0) is 4.74 Å². The Morgan fingerprint density at radius 1 is 1.55 bits per heavy atom. The van der Waals surface area contributed by atoms with Gasteiger partial charge in [-0.1, -0.05) is 0 Å². The number of thiophene rings is 1. The number of nitrogens with one attached hydrogen (secondary N) is 1. The van der Waals surface area contributed by atoms with E-state index in [4.69, 9.17) is 4.74 Å². The van der Waals surface area contributed by atoms with Crippen molar-refractivity contribution >= 4 is 45.2 Å². The number of ether oxygens (including phenoxy) is 1. The third kappa shape index (κ3) is 2.44. The lowest BCUT2D eigenvalue weighted by atomic mass is 10.2. The molecule has 2 aromatic heterocycles. The molecule has 0 unspecified atom stereocenters. The first-order valence-electron chi connectivity index (χ1n) is 5.97. The summed E-state index contributed by atoms with van der Waals surface area (Å²) in [6.07, 6.45) is 3.27. The predicted octanol–water partition coefficient (Wildman–Crippen LogP) is 2.03. The van der Waals surface area contributed by atoms with Crippen molar-refractivity contribution in [1.29, 1.82) is 0 Å². The average molecular weight is 292 g/mol. The second-order valence-corrected chi connectivity index (χ2v) is 5.22. The van der Waals surface area contributed by atoms with Gasteiger partial charge in [-0.25, -0.2) is 14.8 Å². The van der Waals surface area contributed by atoms with E-state index in [2.05, 4.69) is 15.3 Å². The van der Waals surface area contributed by atoms with Crippen molar-refractivity contribution in [2.75, 3.05) is 33.2 Å². The highest BCUT2D eigenvalue weighted by Gasteiger charge is 2.22. The molecule has 0 radical (unpaired) electrons. The second-order valence-electron chi connectivity index (χ2n) is 4.22. The number of pyridine rings is 1. The zero-order valence-electron chi connectivity index (χ0n) is 11.8. The van der Waals surface area contributed by atoms with E-state index in [1.807, 2.05) is 25.1 Å². The number of hydrogen-bond donors (Lipinski definition) is 1. The maximum atomic E-state index is 11.9. The molecular weight excluding hydrogens is 276 g/mol. The fourth-order valence-electron chi connectivity index (χ4n) is 1.85. The van der Waals surface area contributed by atoms with Gasteiger partial charge >= 0.3 is 5.97 Å². The van der Waals surface area contributed by atoms with Gasteiger partial charge in [0, 0.05) is 27.3 Å². The Bertz CT molecular complexity index is 664. The minimum atomic E-state index is -0.402. The number of carbonyl (C=O) groups is 1. The number of nitrogens with zero attached hydrogens (tertiary/aromatic N) is 3. The molecule has 0 fully saturated rings. The Morgan fingerprint density at radius 2 is 2.30 bits per heavy atom. The van der Waals surface area contributed by atoms with Gasteiger partial charge in [0.05, 0.1) is 24.5 Å². The van der Waals surface area contributed by atoms with Crippen LogP contribution in [0.1, 0.15) is 9.67 Å². The molecule has 2 heterocycles. The summed E-state index contributed by atoms with van der Waals surface area (Å²) in [5, 5.41) is 3.69. The van der Waals surface area contributed by atoms with Gasteiger partial charge in [0.15, 0.2) is 0 Å². The lowest BCUT2D eigenvalue weighted by Crippen LogP contribution is -2.09. The van der Waals surface area contributed by atoms with Crippen molar-refractivity contribution in [3.63, 3.8) is 0 Å². The number of methoxy groups -OCH3 is 1. The van der Waals surface area contributed by atoms with E-state index < -0.39 is 5.97 Å². The van der Waals surface area contributed by atoms with Crippen LogP contribution in [0.2, 0.25) is 0 Å². The van der Waals surface area contributed by atoms with E-state index in [0.717, 1.165) is 15.9 Å². The van der Waals surface area contributed by atoms with Crippen LogP contribution in [0.5, 0.6) is 0 Å². The summed E-state index contributed by atoms with van der Waals surface area (Å²) in [5.74, 6) is -0.402. The van der Waals surface area contributed by atoms with Crippen molar-refractivity contribution < 1.29 is 9.53 Å². The van der Waals surface area contributed by atoms with Crippen molar-refractivity contribution in [3.05, 3.63) is 17.1 Å². The first-order chi connectivity index (χ1) is 9.60. The highest BCUT2D eigenvalue weighted by Crippen LogP contribution is 2.41. The Morgan fingerprint density at radius 3 is 2.90 bits per heavy atom. The standard InChI is InChI=1S/C13H16N4O2S/c1-14-7-16-10-9-8(17(2)3)5-6-15-12(9)20-11(10)13(18)19-4/h5-7H,1-4H3,(H,14,16).